The zero-order valence-corrected chi connectivity index (χ0v) is 12.1. The first-order valence-corrected chi connectivity index (χ1v) is 8.28. The van der Waals surface area contributed by atoms with Gasteiger partial charge in [-0.25, -0.2) is 8.42 Å². The van der Waals surface area contributed by atoms with Gasteiger partial charge in [0.2, 0.25) is 5.91 Å². The largest absolute Gasteiger partial charge is 0.342 e. The van der Waals surface area contributed by atoms with Crippen molar-refractivity contribution in [1.82, 2.24) is 4.90 Å². The van der Waals surface area contributed by atoms with E-state index >= 15 is 0 Å². The molecule has 1 aromatic rings. The highest BCUT2D eigenvalue weighted by Crippen LogP contribution is 2.17. The van der Waals surface area contributed by atoms with E-state index in [2.05, 4.69) is 0 Å². The minimum Gasteiger partial charge on any atom is -0.342 e. The van der Waals surface area contributed by atoms with Gasteiger partial charge in [-0.05, 0) is 43.5 Å². The van der Waals surface area contributed by atoms with Crippen molar-refractivity contribution in [3.63, 3.8) is 0 Å². The zero-order valence-electron chi connectivity index (χ0n) is 10.5. The number of nitrogens with zero attached hydrogens (tertiary/aromatic N) is 1. The van der Waals surface area contributed by atoms with E-state index < -0.39 is 15.6 Å². The molecule has 1 aliphatic rings. The molecule has 104 valence electrons. The first kappa shape index (κ1) is 14.3. The normalized spacial score (nSPS) is 16.4. The van der Waals surface area contributed by atoms with Gasteiger partial charge in [0.1, 0.15) is 5.75 Å². The summed E-state index contributed by atoms with van der Waals surface area (Å²) in [6.07, 6.45) is 3.01. The molecule has 0 aromatic heterocycles. The molecule has 1 saturated heterocycles. The van der Waals surface area contributed by atoms with Crippen LogP contribution in [-0.2, 0) is 14.6 Å². The van der Waals surface area contributed by atoms with Gasteiger partial charge in [-0.3, -0.25) is 4.79 Å². The van der Waals surface area contributed by atoms with Crippen LogP contribution in [0.5, 0.6) is 0 Å². The van der Waals surface area contributed by atoms with Crippen molar-refractivity contribution >= 4 is 27.3 Å². The number of hydrogen-bond donors (Lipinski definition) is 0. The third-order valence-electron chi connectivity index (χ3n) is 3.20. The lowest BCUT2D eigenvalue weighted by Gasteiger charge is -2.26. The summed E-state index contributed by atoms with van der Waals surface area (Å²) < 4.78 is 24.2. The highest BCUT2D eigenvalue weighted by molar-refractivity contribution is 7.92. The summed E-state index contributed by atoms with van der Waals surface area (Å²) in [5, 5.41) is 0.473. The van der Waals surface area contributed by atoms with Crippen LogP contribution in [0.2, 0.25) is 5.02 Å². The maximum atomic E-state index is 12.1. The molecule has 0 radical (unpaired) electrons. The van der Waals surface area contributed by atoms with Gasteiger partial charge in [-0.2, -0.15) is 0 Å². The van der Waals surface area contributed by atoms with Gasteiger partial charge in [0.05, 0.1) is 4.90 Å². The fraction of sp³-hybridized carbons (Fsp3) is 0.462. The molecule has 1 amide bonds. The second-order valence-electron chi connectivity index (χ2n) is 4.65. The van der Waals surface area contributed by atoms with Crippen LogP contribution in [0.4, 0.5) is 0 Å². The molecule has 19 heavy (non-hydrogen) atoms. The number of rotatable bonds is 3. The van der Waals surface area contributed by atoms with Crippen LogP contribution < -0.4 is 0 Å². The van der Waals surface area contributed by atoms with Gasteiger partial charge in [0, 0.05) is 18.1 Å². The molecule has 0 aliphatic carbocycles. The molecule has 1 heterocycles. The molecule has 1 aliphatic heterocycles. The van der Waals surface area contributed by atoms with Crippen LogP contribution in [0, 0.1) is 0 Å². The topological polar surface area (TPSA) is 54.5 Å². The quantitative estimate of drug-likeness (QED) is 0.859. The van der Waals surface area contributed by atoms with E-state index in [0.29, 0.717) is 18.1 Å². The Morgan fingerprint density at radius 2 is 1.68 bits per heavy atom. The third kappa shape index (κ3) is 3.70. The molecule has 1 aromatic carbocycles. The molecule has 0 saturated carbocycles. The summed E-state index contributed by atoms with van der Waals surface area (Å²) in [5.74, 6) is -0.774. The second kappa shape index (κ2) is 5.92. The van der Waals surface area contributed by atoms with Gasteiger partial charge >= 0.3 is 0 Å². The van der Waals surface area contributed by atoms with Gasteiger partial charge in [0.15, 0.2) is 9.84 Å². The second-order valence-corrected chi connectivity index (χ2v) is 7.08. The average Bonchev–Trinajstić information content (AvgIpc) is 2.40. The molecular formula is C13H16ClNO3S. The fourth-order valence-electron chi connectivity index (χ4n) is 2.12. The Bertz CT molecular complexity index is 548. The van der Waals surface area contributed by atoms with Crippen molar-refractivity contribution in [2.24, 2.45) is 0 Å². The van der Waals surface area contributed by atoms with Crippen LogP contribution in [0.25, 0.3) is 0 Å². The number of piperidine rings is 1. The van der Waals surface area contributed by atoms with Crippen molar-refractivity contribution < 1.29 is 13.2 Å². The molecular weight excluding hydrogens is 286 g/mol. The minimum atomic E-state index is -3.58. The standard InChI is InChI=1S/C13H16ClNO3S/c14-11-4-6-12(7-5-11)19(17,18)10-13(16)15-8-2-1-3-9-15/h4-7H,1-3,8-10H2. The number of likely N-dealkylation sites (tertiary alicyclic amines) is 1. The zero-order chi connectivity index (χ0) is 13.9. The Morgan fingerprint density at radius 3 is 2.26 bits per heavy atom. The van der Waals surface area contributed by atoms with Crippen LogP contribution >= 0.6 is 11.6 Å². The van der Waals surface area contributed by atoms with Crippen molar-refractivity contribution in [3.05, 3.63) is 29.3 Å². The van der Waals surface area contributed by atoms with Crippen molar-refractivity contribution in [3.8, 4) is 0 Å². The molecule has 2 rings (SSSR count). The molecule has 0 bridgehead atoms. The molecule has 0 N–H and O–H groups in total. The summed E-state index contributed by atoms with van der Waals surface area (Å²) in [6.45, 7) is 1.32. The van der Waals surface area contributed by atoms with Gasteiger partial charge < -0.3 is 4.90 Å². The van der Waals surface area contributed by atoms with Gasteiger partial charge in [-0.1, -0.05) is 11.6 Å². The Balaban J connectivity index is 2.08. The maximum Gasteiger partial charge on any atom is 0.238 e. The number of benzene rings is 1. The van der Waals surface area contributed by atoms with Crippen LogP contribution in [-0.4, -0.2) is 38.1 Å². The smallest absolute Gasteiger partial charge is 0.238 e. The lowest BCUT2D eigenvalue weighted by atomic mass is 10.1. The summed E-state index contributed by atoms with van der Waals surface area (Å²) in [7, 11) is -3.58. The van der Waals surface area contributed by atoms with E-state index in [9.17, 15) is 13.2 Å². The number of sulfone groups is 1. The van der Waals surface area contributed by atoms with E-state index in [4.69, 9.17) is 11.6 Å². The summed E-state index contributed by atoms with van der Waals surface area (Å²) in [5.41, 5.74) is 0. The lowest BCUT2D eigenvalue weighted by Crippen LogP contribution is -2.39. The highest BCUT2D eigenvalue weighted by atomic mass is 35.5. The molecule has 0 spiro atoms. The maximum absolute atomic E-state index is 12.1. The predicted octanol–water partition coefficient (Wildman–Crippen LogP) is 2.13. The van der Waals surface area contributed by atoms with Crippen LogP contribution in [0.15, 0.2) is 29.2 Å². The first-order valence-electron chi connectivity index (χ1n) is 6.25. The first-order chi connectivity index (χ1) is 8.99. The van der Waals surface area contributed by atoms with E-state index in [0.717, 1.165) is 19.3 Å². The molecule has 0 atom stereocenters. The van der Waals surface area contributed by atoms with Gasteiger partial charge in [0.25, 0.3) is 0 Å². The van der Waals surface area contributed by atoms with E-state index in [-0.39, 0.29) is 10.8 Å². The van der Waals surface area contributed by atoms with Gasteiger partial charge in [-0.15, -0.1) is 0 Å². The monoisotopic (exact) mass is 301 g/mol. The van der Waals surface area contributed by atoms with Crippen molar-refractivity contribution in [2.45, 2.75) is 24.2 Å². The number of amides is 1. The number of hydrogen-bond acceptors (Lipinski definition) is 3. The van der Waals surface area contributed by atoms with Crippen molar-refractivity contribution in [1.29, 1.82) is 0 Å². The Labute approximate surface area is 118 Å². The van der Waals surface area contributed by atoms with E-state index in [1.807, 2.05) is 0 Å². The average molecular weight is 302 g/mol. The van der Waals surface area contributed by atoms with Crippen LogP contribution in [0.3, 0.4) is 0 Å². The fourth-order valence-corrected chi connectivity index (χ4v) is 3.47. The molecule has 4 nitrogen and oxygen atoms in total. The van der Waals surface area contributed by atoms with E-state index in [1.165, 1.54) is 24.3 Å². The highest BCUT2D eigenvalue weighted by Gasteiger charge is 2.24. The minimum absolute atomic E-state index is 0.141. The summed E-state index contributed by atoms with van der Waals surface area (Å²) in [4.78, 5) is 13.8. The summed E-state index contributed by atoms with van der Waals surface area (Å²) in [6, 6.07) is 5.89. The number of halogens is 1. The molecule has 1 fully saturated rings. The summed E-state index contributed by atoms with van der Waals surface area (Å²) >= 11 is 5.72. The lowest BCUT2D eigenvalue weighted by molar-refractivity contribution is -0.129. The van der Waals surface area contributed by atoms with Crippen molar-refractivity contribution in [2.75, 3.05) is 18.8 Å². The Kier molecular flexibility index (Phi) is 4.47. The SMILES string of the molecule is O=C(CS(=O)(=O)c1ccc(Cl)cc1)N1CCCCC1. The van der Waals surface area contributed by atoms with Crippen LogP contribution in [0.1, 0.15) is 19.3 Å². The van der Waals surface area contributed by atoms with E-state index in [1.54, 1.807) is 4.90 Å². The predicted molar refractivity (Wildman–Crippen MR) is 73.9 cm³/mol. The Morgan fingerprint density at radius 1 is 1.11 bits per heavy atom. The number of carbonyl (C=O) groups is 1. The number of carbonyl (C=O) groups excluding carboxylic acids is 1. The Hall–Kier alpha value is -1.07. The molecule has 6 heteroatoms. The third-order valence-corrected chi connectivity index (χ3v) is 5.06. The molecule has 0 unspecified atom stereocenters.